The molecule has 198 valence electrons. The Morgan fingerprint density at radius 2 is 1.77 bits per heavy atom. The summed E-state index contributed by atoms with van der Waals surface area (Å²) >= 11 is 0. The van der Waals surface area contributed by atoms with Crippen LogP contribution in [0.1, 0.15) is 25.7 Å². The van der Waals surface area contributed by atoms with Crippen LogP contribution in [-0.4, -0.2) is 73.2 Å². The second kappa shape index (κ2) is 9.77. The molecule has 0 unspecified atom stereocenters. The molecule has 0 spiro atoms. The average molecular weight is 521 g/mol. The predicted octanol–water partition coefficient (Wildman–Crippen LogP) is 4.83. The van der Waals surface area contributed by atoms with Gasteiger partial charge in [-0.05, 0) is 44.0 Å². The second-order valence-corrected chi connectivity index (χ2v) is 10.7. The molecule has 0 aromatic carbocycles. The number of piperazine rings is 1. The lowest BCUT2D eigenvalue weighted by Crippen LogP contribution is -2.44. The Hall–Kier alpha value is -4.31. The molecule has 0 amide bonds. The minimum Gasteiger partial charge on any atom is -0.366 e. The third-order valence-electron chi connectivity index (χ3n) is 8.04. The first-order chi connectivity index (χ1) is 19.1. The quantitative estimate of drug-likeness (QED) is 0.292. The van der Waals surface area contributed by atoms with Crippen LogP contribution in [0.4, 0.5) is 11.4 Å². The first-order valence-electron chi connectivity index (χ1n) is 13.7. The second-order valence-electron chi connectivity index (χ2n) is 10.7. The number of imidazole rings is 1. The zero-order valence-electron chi connectivity index (χ0n) is 22.1. The third kappa shape index (κ3) is 4.50. The number of allylic oxidation sites excluding steroid dienone is 1. The fourth-order valence-electron chi connectivity index (χ4n) is 5.74. The summed E-state index contributed by atoms with van der Waals surface area (Å²) in [7, 11) is 2.16. The largest absolute Gasteiger partial charge is 0.366 e. The van der Waals surface area contributed by atoms with Crippen LogP contribution in [0.15, 0.2) is 55.3 Å². The highest BCUT2D eigenvalue weighted by atomic mass is 15.3. The van der Waals surface area contributed by atoms with Crippen LogP contribution in [0.2, 0.25) is 0 Å². The molecule has 5 aromatic heterocycles. The standard InChI is InChI=1S/C29H32N10/c1-18(19-5-3-4-6-19)32-21-13-20(14-30-15-21)22-7-8-23-27(33-22)28(37-36-23)29-34-24-16-31-17-25(26(24)35-29)39-11-9-38(2)10-12-39/h7-8,13-17,19,32H,1,3-6,9-12H2,2H3,(H,34,35)(H,36,37). The number of hydrogen-bond acceptors (Lipinski definition) is 8. The Morgan fingerprint density at radius 1 is 0.949 bits per heavy atom. The molecule has 7 rings (SSSR count). The van der Waals surface area contributed by atoms with Gasteiger partial charge in [0.2, 0.25) is 0 Å². The van der Waals surface area contributed by atoms with Crippen molar-refractivity contribution in [2.24, 2.45) is 5.92 Å². The van der Waals surface area contributed by atoms with E-state index < -0.39 is 0 Å². The van der Waals surface area contributed by atoms with Crippen molar-refractivity contribution < 1.29 is 0 Å². The lowest BCUT2D eigenvalue weighted by Gasteiger charge is -2.33. The van der Waals surface area contributed by atoms with Crippen molar-refractivity contribution in [1.82, 2.24) is 40.0 Å². The number of likely N-dealkylation sites (N-methyl/N-ethyl adjacent to an activating group) is 1. The maximum Gasteiger partial charge on any atom is 0.161 e. The number of rotatable bonds is 6. The number of aromatic amines is 2. The Morgan fingerprint density at radius 3 is 2.62 bits per heavy atom. The van der Waals surface area contributed by atoms with Gasteiger partial charge >= 0.3 is 0 Å². The maximum atomic E-state index is 4.99. The molecule has 1 saturated heterocycles. The third-order valence-corrected chi connectivity index (χ3v) is 8.04. The molecule has 1 aliphatic heterocycles. The van der Waals surface area contributed by atoms with E-state index >= 15 is 0 Å². The van der Waals surface area contributed by atoms with Gasteiger partial charge in [0.1, 0.15) is 11.0 Å². The van der Waals surface area contributed by atoms with Gasteiger partial charge < -0.3 is 20.1 Å². The van der Waals surface area contributed by atoms with Crippen molar-refractivity contribution in [3.8, 4) is 22.8 Å². The van der Waals surface area contributed by atoms with Gasteiger partial charge in [-0.15, -0.1) is 0 Å². The van der Waals surface area contributed by atoms with E-state index in [1.54, 1.807) is 0 Å². The normalized spacial score (nSPS) is 16.9. The number of H-pyrrole nitrogens is 2. The van der Waals surface area contributed by atoms with Gasteiger partial charge in [-0.1, -0.05) is 19.4 Å². The van der Waals surface area contributed by atoms with E-state index in [1.807, 2.05) is 36.9 Å². The lowest BCUT2D eigenvalue weighted by molar-refractivity contribution is 0.313. The summed E-state index contributed by atoms with van der Waals surface area (Å²) in [4.78, 5) is 27.1. The Bertz CT molecular complexity index is 1650. The minimum absolute atomic E-state index is 0.535. The van der Waals surface area contributed by atoms with Crippen LogP contribution in [0.3, 0.4) is 0 Å². The highest BCUT2D eigenvalue weighted by Gasteiger charge is 2.21. The van der Waals surface area contributed by atoms with E-state index in [0.29, 0.717) is 17.4 Å². The Kier molecular flexibility index (Phi) is 5.96. The van der Waals surface area contributed by atoms with Crippen LogP contribution in [0, 0.1) is 5.92 Å². The molecule has 1 saturated carbocycles. The molecule has 6 heterocycles. The van der Waals surface area contributed by atoms with Crippen molar-refractivity contribution >= 4 is 33.4 Å². The number of pyridine rings is 3. The van der Waals surface area contributed by atoms with Gasteiger partial charge in [0, 0.05) is 43.6 Å². The molecule has 39 heavy (non-hydrogen) atoms. The van der Waals surface area contributed by atoms with Crippen LogP contribution < -0.4 is 10.2 Å². The fourth-order valence-corrected chi connectivity index (χ4v) is 5.74. The van der Waals surface area contributed by atoms with Crippen LogP contribution in [0.25, 0.3) is 44.8 Å². The molecular formula is C29H32N10. The van der Waals surface area contributed by atoms with Crippen molar-refractivity contribution in [2.75, 3.05) is 43.4 Å². The summed E-state index contributed by atoms with van der Waals surface area (Å²) in [6.45, 7) is 8.22. The van der Waals surface area contributed by atoms with E-state index in [9.17, 15) is 0 Å². The van der Waals surface area contributed by atoms with E-state index in [1.165, 1.54) is 25.7 Å². The molecule has 3 N–H and O–H groups in total. The van der Waals surface area contributed by atoms with Gasteiger partial charge in [-0.2, -0.15) is 5.10 Å². The zero-order chi connectivity index (χ0) is 26.3. The molecule has 0 radical (unpaired) electrons. The lowest BCUT2D eigenvalue weighted by atomic mass is 10.0. The van der Waals surface area contributed by atoms with Crippen LogP contribution in [0.5, 0.6) is 0 Å². The molecule has 10 nitrogen and oxygen atoms in total. The van der Waals surface area contributed by atoms with Crippen molar-refractivity contribution in [3.05, 3.63) is 55.3 Å². The van der Waals surface area contributed by atoms with E-state index in [-0.39, 0.29) is 0 Å². The van der Waals surface area contributed by atoms with E-state index in [2.05, 4.69) is 60.0 Å². The van der Waals surface area contributed by atoms with E-state index in [4.69, 9.17) is 9.97 Å². The van der Waals surface area contributed by atoms with Gasteiger partial charge in [0.25, 0.3) is 0 Å². The van der Waals surface area contributed by atoms with Gasteiger partial charge in [-0.3, -0.25) is 15.1 Å². The van der Waals surface area contributed by atoms with Crippen molar-refractivity contribution in [1.29, 1.82) is 0 Å². The number of nitrogens with zero attached hydrogens (tertiary/aromatic N) is 7. The number of hydrogen-bond donors (Lipinski definition) is 3. The van der Waals surface area contributed by atoms with Crippen LogP contribution >= 0.6 is 0 Å². The summed E-state index contributed by atoms with van der Waals surface area (Å²) < 4.78 is 0. The topological polar surface area (TPSA) is 115 Å². The first kappa shape index (κ1) is 23.8. The monoisotopic (exact) mass is 520 g/mol. The molecule has 0 bridgehead atoms. The minimum atomic E-state index is 0.535. The van der Waals surface area contributed by atoms with Gasteiger partial charge in [-0.25, -0.2) is 9.97 Å². The summed E-state index contributed by atoms with van der Waals surface area (Å²) in [6.07, 6.45) is 12.4. The molecular weight excluding hydrogens is 488 g/mol. The molecule has 1 aliphatic carbocycles. The highest BCUT2D eigenvalue weighted by Crippen LogP contribution is 2.33. The molecule has 5 aromatic rings. The fraction of sp³-hybridized carbons (Fsp3) is 0.345. The van der Waals surface area contributed by atoms with Crippen molar-refractivity contribution in [2.45, 2.75) is 25.7 Å². The number of nitrogens with one attached hydrogen (secondary N) is 3. The van der Waals surface area contributed by atoms with Crippen LogP contribution in [-0.2, 0) is 0 Å². The first-order valence-corrected chi connectivity index (χ1v) is 13.7. The van der Waals surface area contributed by atoms with Crippen molar-refractivity contribution in [3.63, 3.8) is 0 Å². The number of aromatic nitrogens is 7. The Balaban J connectivity index is 1.21. The molecule has 0 atom stereocenters. The van der Waals surface area contributed by atoms with Gasteiger partial charge in [0.15, 0.2) is 11.5 Å². The molecule has 2 fully saturated rings. The SMILES string of the molecule is C=C(Nc1cncc(-c2ccc3[nH]nc(-c4nc5c(N6CCN(C)CC6)cncc5[nH]4)c3n2)c1)C1CCCC1. The number of fused-ring (bicyclic) bond motifs is 2. The molecule has 2 aliphatic rings. The molecule has 10 heteroatoms. The smallest absolute Gasteiger partial charge is 0.161 e. The summed E-state index contributed by atoms with van der Waals surface area (Å²) in [5.74, 6) is 1.21. The Labute approximate surface area is 226 Å². The average Bonchev–Trinajstić information content (AvgIpc) is 3.73. The summed E-state index contributed by atoms with van der Waals surface area (Å²) in [5.41, 5.74) is 8.89. The summed E-state index contributed by atoms with van der Waals surface area (Å²) in [6, 6.07) is 6.08. The maximum absolute atomic E-state index is 4.99. The zero-order valence-corrected chi connectivity index (χ0v) is 22.1. The van der Waals surface area contributed by atoms with E-state index in [0.717, 1.165) is 76.6 Å². The predicted molar refractivity (Wildman–Crippen MR) is 154 cm³/mol. The van der Waals surface area contributed by atoms with Gasteiger partial charge in [0.05, 0.1) is 46.7 Å². The highest BCUT2D eigenvalue weighted by molar-refractivity contribution is 5.94. The number of anilines is 2. The summed E-state index contributed by atoms with van der Waals surface area (Å²) in [5, 5.41) is 11.2.